The number of ether oxygens (including phenoxy) is 1. The van der Waals surface area contributed by atoms with Crippen LogP contribution in [0.25, 0.3) is 0 Å². The summed E-state index contributed by atoms with van der Waals surface area (Å²) in [6.07, 6.45) is 4.10. The highest BCUT2D eigenvalue weighted by molar-refractivity contribution is 7.09. The van der Waals surface area contributed by atoms with Crippen LogP contribution in [-0.2, 0) is 11.3 Å². The molecule has 0 aliphatic heterocycles. The first-order valence-electron chi connectivity index (χ1n) is 5.46. The molecule has 4 heteroatoms. The van der Waals surface area contributed by atoms with Crippen molar-refractivity contribution in [3.05, 3.63) is 16.1 Å². The third-order valence-corrected chi connectivity index (χ3v) is 4.06. The second-order valence-corrected chi connectivity index (χ2v) is 4.99. The fourth-order valence-electron chi connectivity index (χ4n) is 2.16. The third kappa shape index (κ3) is 2.56. The molecule has 0 saturated heterocycles. The fourth-order valence-corrected chi connectivity index (χ4v) is 2.89. The number of thiazole rings is 1. The van der Waals surface area contributed by atoms with Crippen LogP contribution in [0.3, 0.4) is 0 Å². The van der Waals surface area contributed by atoms with Gasteiger partial charge in [-0.25, -0.2) is 4.98 Å². The Morgan fingerprint density at radius 2 is 2.47 bits per heavy atom. The second-order valence-electron chi connectivity index (χ2n) is 4.05. The molecule has 1 aliphatic rings. The summed E-state index contributed by atoms with van der Waals surface area (Å²) in [7, 11) is 1.81. The molecule has 3 nitrogen and oxygen atoms in total. The summed E-state index contributed by atoms with van der Waals surface area (Å²) in [6.45, 7) is 3.00. The van der Waals surface area contributed by atoms with E-state index in [9.17, 15) is 0 Å². The predicted octanol–water partition coefficient (Wildman–Crippen LogP) is 2.11. The van der Waals surface area contributed by atoms with Gasteiger partial charge in [0.1, 0.15) is 0 Å². The molecule has 84 valence electrons. The average Bonchev–Trinajstić information content (AvgIpc) is 2.83. The molecule has 1 aromatic heterocycles. The molecule has 1 saturated carbocycles. The number of hydrogen-bond acceptors (Lipinski definition) is 4. The van der Waals surface area contributed by atoms with Gasteiger partial charge in [0.25, 0.3) is 0 Å². The van der Waals surface area contributed by atoms with Crippen LogP contribution in [0.1, 0.15) is 29.8 Å². The van der Waals surface area contributed by atoms with Crippen molar-refractivity contribution in [3.63, 3.8) is 0 Å². The molecule has 2 atom stereocenters. The van der Waals surface area contributed by atoms with Crippen LogP contribution < -0.4 is 5.32 Å². The summed E-state index contributed by atoms with van der Waals surface area (Å²) in [4.78, 5) is 5.59. The van der Waals surface area contributed by atoms with E-state index in [4.69, 9.17) is 4.74 Å². The number of nitrogens with zero attached hydrogens (tertiary/aromatic N) is 1. The first kappa shape index (κ1) is 11.0. The van der Waals surface area contributed by atoms with E-state index in [0.29, 0.717) is 12.1 Å². The standard InChI is InChI=1S/C11H18N2OS/c1-8-11(15-7-13-8)6-12-9-4-3-5-10(9)14-2/h7,9-10,12H,3-6H2,1-2H3. The molecule has 1 aliphatic carbocycles. The Morgan fingerprint density at radius 1 is 1.60 bits per heavy atom. The quantitative estimate of drug-likeness (QED) is 0.854. The molecule has 0 amide bonds. The van der Waals surface area contributed by atoms with E-state index in [0.717, 1.165) is 12.2 Å². The van der Waals surface area contributed by atoms with Crippen molar-refractivity contribution in [2.24, 2.45) is 0 Å². The minimum atomic E-state index is 0.401. The van der Waals surface area contributed by atoms with E-state index in [1.165, 1.54) is 24.1 Å². The molecule has 15 heavy (non-hydrogen) atoms. The minimum absolute atomic E-state index is 0.401. The summed E-state index contributed by atoms with van der Waals surface area (Å²) < 4.78 is 5.45. The zero-order chi connectivity index (χ0) is 10.7. The Labute approximate surface area is 94.9 Å². The summed E-state index contributed by atoms with van der Waals surface area (Å²) in [5.74, 6) is 0. The van der Waals surface area contributed by atoms with E-state index < -0.39 is 0 Å². The maximum Gasteiger partial charge on any atom is 0.0798 e. The number of rotatable bonds is 4. The zero-order valence-corrected chi connectivity index (χ0v) is 10.1. The highest BCUT2D eigenvalue weighted by Crippen LogP contribution is 2.22. The van der Waals surface area contributed by atoms with Crippen molar-refractivity contribution in [2.75, 3.05) is 7.11 Å². The van der Waals surface area contributed by atoms with Crippen molar-refractivity contribution in [1.29, 1.82) is 0 Å². The van der Waals surface area contributed by atoms with Gasteiger partial charge in [0, 0.05) is 24.6 Å². The van der Waals surface area contributed by atoms with Crippen LogP contribution in [-0.4, -0.2) is 24.2 Å². The first-order chi connectivity index (χ1) is 7.31. The Morgan fingerprint density at radius 3 is 3.13 bits per heavy atom. The molecule has 1 aromatic rings. The Kier molecular flexibility index (Phi) is 3.72. The maximum atomic E-state index is 5.45. The van der Waals surface area contributed by atoms with Crippen molar-refractivity contribution >= 4 is 11.3 Å². The van der Waals surface area contributed by atoms with Gasteiger partial charge in [-0.3, -0.25) is 0 Å². The number of methoxy groups -OCH3 is 1. The van der Waals surface area contributed by atoms with Gasteiger partial charge in [0.05, 0.1) is 17.3 Å². The van der Waals surface area contributed by atoms with E-state index >= 15 is 0 Å². The van der Waals surface area contributed by atoms with Crippen molar-refractivity contribution in [1.82, 2.24) is 10.3 Å². The second kappa shape index (κ2) is 5.05. The Bertz CT molecular complexity index is 313. The molecule has 0 aromatic carbocycles. The van der Waals surface area contributed by atoms with Gasteiger partial charge in [0.2, 0.25) is 0 Å². The smallest absolute Gasteiger partial charge is 0.0798 e. The normalized spacial score (nSPS) is 26.0. The molecular formula is C11H18N2OS. The molecule has 2 unspecified atom stereocenters. The predicted molar refractivity (Wildman–Crippen MR) is 62.1 cm³/mol. The number of nitrogens with one attached hydrogen (secondary N) is 1. The topological polar surface area (TPSA) is 34.1 Å². The van der Waals surface area contributed by atoms with Crippen LogP contribution in [0.2, 0.25) is 0 Å². The molecule has 1 N–H and O–H groups in total. The lowest BCUT2D eigenvalue weighted by atomic mass is 10.2. The van der Waals surface area contributed by atoms with Crippen LogP contribution in [0, 0.1) is 6.92 Å². The van der Waals surface area contributed by atoms with Crippen molar-refractivity contribution < 1.29 is 4.74 Å². The average molecular weight is 226 g/mol. The van der Waals surface area contributed by atoms with Crippen molar-refractivity contribution in [2.45, 2.75) is 44.9 Å². The Balaban J connectivity index is 1.85. The summed E-state index contributed by atoms with van der Waals surface area (Å²) in [5.41, 5.74) is 3.06. The molecule has 0 spiro atoms. The van der Waals surface area contributed by atoms with Crippen LogP contribution in [0.15, 0.2) is 5.51 Å². The fraction of sp³-hybridized carbons (Fsp3) is 0.727. The van der Waals surface area contributed by atoms with Gasteiger partial charge < -0.3 is 10.1 Å². The van der Waals surface area contributed by atoms with Crippen LogP contribution >= 0.6 is 11.3 Å². The Hall–Kier alpha value is -0.450. The van der Waals surface area contributed by atoms with E-state index in [2.05, 4.69) is 17.2 Å². The maximum absolute atomic E-state index is 5.45. The largest absolute Gasteiger partial charge is 0.380 e. The molecule has 1 heterocycles. The lowest BCUT2D eigenvalue weighted by Crippen LogP contribution is -2.36. The van der Waals surface area contributed by atoms with E-state index in [1.54, 1.807) is 11.3 Å². The van der Waals surface area contributed by atoms with Gasteiger partial charge in [-0.1, -0.05) is 0 Å². The summed E-state index contributed by atoms with van der Waals surface area (Å²) in [6, 6.07) is 0.525. The molecular weight excluding hydrogens is 208 g/mol. The lowest BCUT2D eigenvalue weighted by Gasteiger charge is -2.19. The molecule has 0 bridgehead atoms. The summed E-state index contributed by atoms with van der Waals surface area (Å²) in [5, 5.41) is 3.57. The van der Waals surface area contributed by atoms with Gasteiger partial charge in [-0.2, -0.15) is 0 Å². The highest BCUT2D eigenvalue weighted by Gasteiger charge is 2.26. The zero-order valence-electron chi connectivity index (χ0n) is 9.32. The van der Waals surface area contributed by atoms with Crippen LogP contribution in [0.4, 0.5) is 0 Å². The van der Waals surface area contributed by atoms with Gasteiger partial charge in [-0.15, -0.1) is 11.3 Å². The number of aromatic nitrogens is 1. The van der Waals surface area contributed by atoms with Gasteiger partial charge >= 0.3 is 0 Å². The van der Waals surface area contributed by atoms with Crippen molar-refractivity contribution in [3.8, 4) is 0 Å². The van der Waals surface area contributed by atoms with Gasteiger partial charge in [0.15, 0.2) is 0 Å². The number of aryl methyl sites for hydroxylation is 1. The third-order valence-electron chi connectivity index (χ3n) is 3.12. The SMILES string of the molecule is COC1CCCC1NCc1scnc1C. The minimum Gasteiger partial charge on any atom is -0.380 e. The number of hydrogen-bond donors (Lipinski definition) is 1. The summed E-state index contributed by atoms with van der Waals surface area (Å²) >= 11 is 1.73. The molecule has 2 rings (SSSR count). The van der Waals surface area contributed by atoms with Crippen LogP contribution in [0.5, 0.6) is 0 Å². The monoisotopic (exact) mass is 226 g/mol. The first-order valence-corrected chi connectivity index (χ1v) is 6.34. The van der Waals surface area contributed by atoms with E-state index in [-0.39, 0.29) is 0 Å². The van der Waals surface area contributed by atoms with E-state index in [1.807, 2.05) is 12.6 Å². The molecule has 0 radical (unpaired) electrons. The lowest BCUT2D eigenvalue weighted by molar-refractivity contribution is 0.0848. The highest BCUT2D eigenvalue weighted by atomic mass is 32.1. The van der Waals surface area contributed by atoms with Gasteiger partial charge in [-0.05, 0) is 26.2 Å². The molecule has 1 fully saturated rings.